The SMILES string of the molecule is Cc1nn2cc(C(F)(F)C(F)(F)F)nc2n(C)c1=O. The van der Waals surface area contributed by atoms with Gasteiger partial charge in [-0.2, -0.15) is 27.1 Å². The summed E-state index contributed by atoms with van der Waals surface area (Å²) in [5, 5.41) is 3.57. The summed E-state index contributed by atoms with van der Waals surface area (Å²) in [4.78, 5) is 14.6. The van der Waals surface area contributed by atoms with Gasteiger partial charge in [0.2, 0.25) is 5.78 Å². The van der Waals surface area contributed by atoms with E-state index in [4.69, 9.17) is 0 Å². The van der Waals surface area contributed by atoms with Crippen LogP contribution in [0.25, 0.3) is 5.78 Å². The molecule has 19 heavy (non-hydrogen) atoms. The van der Waals surface area contributed by atoms with E-state index in [0.29, 0.717) is 10.7 Å². The summed E-state index contributed by atoms with van der Waals surface area (Å²) < 4.78 is 64.5. The Balaban J connectivity index is 2.74. The van der Waals surface area contributed by atoms with E-state index in [1.54, 1.807) is 0 Å². The van der Waals surface area contributed by atoms with Crippen molar-refractivity contribution < 1.29 is 22.0 Å². The van der Waals surface area contributed by atoms with Gasteiger partial charge < -0.3 is 0 Å². The van der Waals surface area contributed by atoms with Gasteiger partial charge in [0, 0.05) is 7.05 Å². The Morgan fingerprint density at radius 3 is 2.32 bits per heavy atom. The maximum atomic E-state index is 13.1. The Bertz CT molecular complexity index is 699. The molecule has 0 aliphatic heterocycles. The van der Waals surface area contributed by atoms with Gasteiger partial charge in [0.15, 0.2) is 0 Å². The first-order chi connectivity index (χ1) is 8.55. The molecule has 2 rings (SSSR count). The van der Waals surface area contributed by atoms with Crippen molar-refractivity contribution in [1.82, 2.24) is 19.2 Å². The lowest BCUT2D eigenvalue weighted by Gasteiger charge is -2.16. The van der Waals surface area contributed by atoms with Crippen LogP contribution >= 0.6 is 0 Å². The summed E-state index contributed by atoms with van der Waals surface area (Å²) in [6.45, 7) is 1.31. The topological polar surface area (TPSA) is 52.2 Å². The quantitative estimate of drug-likeness (QED) is 0.743. The molecular weight excluding hydrogens is 275 g/mol. The fraction of sp³-hybridized carbons (Fsp3) is 0.444. The van der Waals surface area contributed by atoms with Crippen molar-refractivity contribution in [2.24, 2.45) is 7.05 Å². The van der Waals surface area contributed by atoms with Gasteiger partial charge in [-0.25, -0.2) is 9.50 Å². The molecule has 5 nitrogen and oxygen atoms in total. The van der Waals surface area contributed by atoms with Gasteiger partial charge in [-0.05, 0) is 6.92 Å². The van der Waals surface area contributed by atoms with Crippen LogP contribution in [0.5, 0.6) is 0 Å². The Hall–Kier alpha value is -2.00. The van der Waals surface area contributed by atoms with Gasteiger partial charge in [-0.1, -0.05) is 0 Å². The summed E-state index contributed by atoms with van der Waals surface area (Å²) in [7, 11) is 1.20. The first kappa shape index (κ1) is 13.4. The van der Waals surface area contributed by atoms with E-state index in [0.717, 1.165) is 4.57 Å². The Morgan fingerprint density at radius 1 is 1.21 bits per heavy atom. The Morgan fingerprint density at radius 2 is 1.79 bits per heavy atom. The molecule has 0 fully saturated rings. The van der Waals surface area contributed by atoms with Crippen LogP contribution in [0.1, 0.15) is 11.4 Å². The van der Waals surface area contributed by atoms with Crippen LogP contribution < -0.4 is 5.56 Å². The number of alkyl halides is 5. The smallest absolute Gasteiger partial charge is 0.279 e. The molecule has 0 amide bonds. The van der Waals surface area contributed by atoms with Crippen LogP contribution in [0.3, 0.4) is 0 Å². The zero-order chi connectivity index (χ0) is 14.6. The van der Waals surface area contributed by atoms with E-state index in [1.165, 1.54) is 14.0 Å². The number of aromatic nitrogens is 4. The molecule has 0 spiro atoms. The molecule has 0 aliphatic carbocycles. The summed E-state index contributed by atoms with van der Waals surface area (Å²) in [6.07, 6.45) is -5.31. The first-order valence-electron chi connectivity index (χ1n) is 4.93. The molecule has 2 aromatic rings. The van der Waals surface area contributed by atoms with Gasteiger partial charge in [-0.3, -0.25) is 9.36 Å². The molecule has 2 heterocycles. The highest BCUT2D eigenvalue weighted by atomic mass is 19.4. The average molecular weight is 282 g/mol. The normalized spacial score (nSPS) is 13.2. The fourth-order valence-corrected chi connectivity index (χ4v) is 1.50. The lowest BCUT2D eigenvalue weighted by Crippen LogP contribution is -2.34. The number of hydrogen-bond acceptors (Lipinski definition) is 3. The van der Waals surface area contributed by atoms with Gasteiger partial charge in [-0.15, -0.1) is 0 Å². The van der Waals surface area contributed by atoms with Crippen LogP contribution in [0.2, 0.25) is 0 Å². The molecule has 0 aliphatic rings. The molecule has 2 aromatic heterocycles. The van der Waals surface area contributed by atoms with Gasteiger partial charge >= 0.3 is 12.1 Å². The predicted molar refractivity (Wildman–Crippen MR) is 52.9 cm³/mol. The Labute approximate surface area is 102 Å². The summed E-state index contributed by atoms with van der Waals surface area (Å²) in [5.41, 5.74) is -2.18. The lowest BCUT2D eigenvalue weighted by molar-refractivity contribution is -0.290. The number of aryl methyl sites for hydroxylation is 2. The highest BCUT2D eigenvalue weighted by Crippen LogP contribution is 2.43. The maximum absolute atomic E-state index is 13.1. The van der Waals surface area contributed by atoms with E-state index < -0.39 is 29.1 Å². The zero-order valence-corrected chi connectivity index (χ0v) is 9.66. The minimum absolute atomic E-state index is 0.0470. The number of hydrogen-bond donors (Lipinski definition) is 0. The molecule has 0 unspecified atom stereocenters. The fourth-order valence-electron chi connectivity index (χ4n) is 1.50. The molecule has 0 atom stereocenters. The van der Waals surface area contributed by atoms with Gasteiger partial charge in [0.1, 0.15) is 11.4 Å². The van der Waals surface area contributed by atoms with E-state index in [-0.39, 0.29) is 5.69 Å². The minimum atomic E-state index is -5.77. The molecule has 0 aromatic carbocycles. The molecule has 0 saturated carbocycles. The van der Waals surface area contributed by atoms with Crippen molar-refractivity contribution in [3.05, 3.63) is 27.9 Å². The maximum Gasteiger partial charge on any atom is 0.459 e. The average Bonchev–Trinajstić information content (AvgIpc) is 2.69. The number of rotatable bonds is 1. The molecule has 10 heteroatoms. The van der Waals surface area contributed by atoms with Gasteiger partial charge in [0.05, 0.1) is 6.20 Å². The van der Waals surface area contributed by atoms with E-state index in [9.17, 15) is 26.7 Å². The van der Waals surface area contributed by atoms with Crippen molar-refractivity contribution in [1.29, 1.82) is 0 Å². The molecule has 0 bridgehead atoms. The van der Waals surface area contributed by atoms with Crippen molar-refractivity contribution in [3.63, 3.8) is 0 Å². The van der Waals surface area contributed by atoms with Crippen LogP contribution in [-0.2, 0) is 13.0 Å². The van der Waals surface area contributed by atoms with E-state index >= 15 is 0 Å². The number of imidazole rings is 1. The second kappa shape index (κ2) is 3.75. The highest BCUT2D eigenvalue weighted by Gasteiger charge is 2.60. The summed E-state index contributed by atoms with van der Waals surface area (Å²) in [5.74, 6) is -5.50. The third-order valence-electron chi connectivity index (χ3n) is 2.52. The Kier molecular flexibility index (Phi) is 2.65. The second-order valence-electron chi connectivity index (χ2n) is 3.89. The van der Waals surface area contributed by atoms with Crippen molar-refractivity contribution in [2.45, 2.75) is 19.0 Å². The monoisotopic (exact) mass is 282 g/mol. The summed E-state index contributed by atoms with van der Waals surface area (Å²) >= 11 is 0. The van der Waals surface area contributed by atoms with Crippen LogP contribution in [-0.4, -0.2) is 25.3 Å². The third kappa shape index (κ3) is 1.87. The lowest BCUT2D eigenvalue weighted by atomic mass is 10.2. The van der Waals surface area contributed by atoms with Crippen molar-refractivity contribution in [2.75, 3.05) is 0 Å². The highest BCUT2D eigenvalue weighted by molar-refractivity contribution is 5.32. The van der Waals surface area contributed by atoms with Crippen LogP contribution in [0.4, 0.5) is 22.0 Å². The van der Waals surface area contributed by atoms with Crippen molar-refractivity contribution >= 4 is 5.78 Å². The molecule has 0 radical (unpaired) electrons. The predicted octanol–water partition coefficient (Wildman–Crippen LogP) is 1.39. The second-order valence-corrected chi connectivity index (χ2v) is 3.89. The number of fused-ring (bicyclic) bond motifs is 1. The standard InChI is InChI=1S/C9H7F5N4O/c1-4-6(19)17(2)7-15-5(3-18(7)16-4)8(10,11)9(12,13)14/h3H,1-2H3. The van der Waals surface area contributed by atoms with E-state index in [2.05, 4.69) is 10.1 Å². The first-order valence-corrected chi connectivity index (χ1v) is 4.93. The molecule has 0 saturated heterocycles. The number of halogens is 5. The van der Waals surface area contributed by atoms with E-state index in [1.807, 2.05) is 0 Å². The molecular formula is C9H7F5N4O. The van der Waals surface area contributed by atoms with Crippen LogP contribution in [0.15, 0.2) is 11.0 Å². The summed E-state index contributed by atoms with van der Waals surface area (Å²) in [6, 6.07) is 0. The molecule has 104 valence electrons. The van der Waals surface area contributed by atoms with Crippen LogP contribution in [0, 0.1) is 6.92 Å². The third-order valence-corrected chi connectivity index (χ3v) is 2.52. The van der Waals surface area contributed by atoms with Crippen molar-refractivity contribution in [3.8, 4) is 0 Å². The van der Waals surface area contributed by atoms with Gasteiger partial charge in [0.25, 0.3) is 5.56 Å². The largest absolute Gasteiger partial charge is 0.459 e. The minimum Gasteiger partial charge on any atom is -0.279 e. The molecule has 0 N–H and O–H groups in total. The zero-order valence-electron chi connectivity index (χ0n) is 9.66. The number of nitrogens with zero attached hydrogens (tertiary/aromatic N) is 4.